The Bertz CT molecular complexity index is 396. The van der Waals surface area contributed by atoms with E-state index in [2.05, 4.69) is 23.1 Å². The van der Waals surface area contributed by atoms with Crippen LogP contribution in [-0.2, 0) is 11.5 Å². The molecule has 0 amide bonds. The first-order valence-corrected chi connectivity index (χ1v) is 7.61. The van der Waals surface area contributed by atoms with Gasteiger partial charge in [0.15, 0.2) is 0 Å². The summed E-state index contributed by atoms with van der Waals surface area (Å²) in [7, 11) is 0. The van der Waals surface area contributed by atoms with E-state index in [1.54, 1.807) is 13.8 Å². The van der Waals surface area contributed by atoms with E-state index in [4.69, 9.17) is 23.2 Å². The molecule has 0 atom stereocenters. The highest BCUT2D eigenvalue weighted by Gasteiger charge is 2.18. The summed E-state index contributed by atoms with van der Waals surface area (Å²) in [6, 6.07) is 6.22. The lowest BCUT2D eigenvalue weighted by Gasteiger charge is -2.25. The highest BCUT2D eigenvalue weighted by Crippen LogP contribution is 2.23. The lowest BCUT2D eigenvalue weighted by atomic mass is 9.95. The Hall–Kier alpha value is -0.440. The summed E-state index contributed by atoms with van der Waals surface area (Å²) in [5.74, 6) is 1.13. The van der Waals surface area contributed by atoms with E-state index in [0.717, 1.165) is 29.9 Å². The molecule has 0 saturated carbocycles. The van der Waals surface area contributed by atoms with Gasteiger partial charge in [0.25, 0.3) is 0 Å². The van der Waals surface area contributed by atoms with Gasteiger partial charge in [-0.3, -0.25) is 0 Å². The number of anilines is 1. The van der Waals surface area contributed by atoms with E-state index in [0.29, 0.717) is 18.2 Å². The fourth-order valence-electron chi connectivity index (χ4n) is 2.08. The van der Waals surface area contributed by atoms with Crippen molar-refractivity contribution in [3.8, 4) is 0 Å². The highest BCUT2D eigenvalue weighted by atomic mass is 35.5. The Morgan fingerprint density at radius 1 is 1.16 bits per heavy atom. The fraction of sp³-hybridized carbons (Fsp3) is 0.600. The van der Waals surface area contributed by atoms with E-state index in [1.807, 2.05) is 6.92 Å². The van der Waals surface area contributed by atoms with E-state index >= 15 is 0 Å². The van der Waals surface area contributed by atoms with Crippen molar-refractivity contribution in [2.24, 2.45) is 0 Å². The third kappa shape index (κ3) is 5.60. The van der Waals surface area contributed by atoms with Crippen LogP contribution in [0.1, 0.15) is 25.0 Å². The zero-order valence-electron chi connectivity index (χ0n) is 11.9. The smallest absolute Gasteiger partial charge is 0.102 e. The molecular weight excluding hydrogens is 281 g/mol. The predicted octanol–water partition coefficient (Wildman–Crippen LogP) is 4.03. The van der Waals surface area contributed by atoms with Gasteiger partial charge in [-0.2, -0.15) is 0 Å². The van der Waals surface area contributed by atoms with Crippen LogP contribution < -0.4 is 4.90 Å². The molecule has 0 aliphatic rings. The van der Waals surface area contributed by atoms with Crippen LogP contribution in [0.2, 0.25) is 0 Å². The van der Waals surface area contributed by atoms with E-state index in [-0.39, 0.29) is 0 Å². The summed E-state index contributed by atoms with van der Waals surface area (Å²) in [5, 5.41) is 11.9. The molecule has 1 aromatic rings. The first kappa shape index (κ1) is 16.6. The first-order valence-electron chi connectivity index (χ1n) is 6.54. The second-order valence-corrected chi connectivity index (χ2v) is 6.17. The van der Waals surface area contributed by atoms with Crippen LogP contribution in [0.25, 0.3) is 0 Å². The van der Waals surface area contributed by atoms with Gasteiger partial charge in [-0.25, -0.2) is 5.11 Å². The third-order valence-corrected chi connectivity index (χ3v) is 3.36. The molecule has 2 nitrogen and oxygen atoms in total. The summed E-state index contributed by atoms with van der Waals surface area (Å²) in [6.07, 6.45) is 0.530. The average Bonchev–Trinajstić information content (AvgIpc) is 2.30. The monoisotopic (exact) mass is 302 g/mol. The molecule has 0 fully saturated rings. The minimum atomic E-state index is -0.951. The van der Waals surface area contributed by atoms with Crippen molar-refractivity contribution < 1.29 is 5.11 Å². The maximum absolute atomic E-state index is 11.9. The van der Waals surface area contributed by atoms with Crippen LogP contribution in [0, 0.1) is 6.92 Å². The summed E-state index contributed by atoms with van der Waals surface area (Å²) < 4.78 is 0. The van der Waals surface area contributed by atoms with Gasteiger partial charge in [-0.15, -0.1) is 23.2 Å². The van der Waals surface area contributed by atoms with Crippen LogP contribution in [0.15, 0.2) is 18.2 Å². The van der Waals surface area contributed by atoms with Crippen molar-refractivity contribution >= 4 is 28.9 Å². The number of aryl methyl sites for hydroxylation is 1. The number of benzene rings is 1. The topological polar surface area (TPSA) is 23.1 Å². The number of halogens is 2. The quantitative estimate of drug-likeness (QED) is 0.697. The molecule has 1 aromatic carbocycles. The lowest BCUT2D eigenvalue weighted by molar-refractivity contribution is 0.00467. The first-order chi connectivity index (χ1) is 8.87. The Balaban J connectivity index is 2.99. The minimum Gasteiger partial charge on any atom is -0.369 e. The van der Waals surface area contributed by atoms with Crippen LogP contribution in [-0.4, -0.2) is 30.5 Å². The molecule has 1 rings (SSSR count). The molecule has 0 unspecified atom stereocenters. The van der Waals surface area contributed by atoms with Crippen molar-refractivity contribution in [1.82, 2.24) is 0 Å². The number of hydrogen-bond donors (Lipinski definition) is 0. The lowest BCUT2D eigenvalue weighted by Crippen LogP contribution is -2.28. The molecule has 0 N–H and O–H groups in total. The third-order valence-electron chi connectivity index (χ3n) is 3.02. The number of rotatable bonds is 7. The largest absolute Gasteiger partial charge is 0.369 e. The molecule has 0 saturated heterocycles. The molecule has 107 valence electrons. The zero-order valence-corrected chi connectivity index (χ0v) is 13.4. The summed E-state index contributed by atoms with van der Waals surface area (Å²) in [5.41, 5.74) is 2.40. The summed E-state index contributed by atoms with van der Waals surface area (Å²) in [4.78, 5) is 2.15. The maximum Gasteiger partial charge on any atom is 0.102 e. The normalized spacial score (nSPS) is 11.7. The Kier molecular flexibility index (Phi) is 6.45. The van der Waals surface area contributed by atoms with Gasteiger partial charge < -0.3 is 4.90 Å². The van der Waals surface area contributed by atoms with E-state index < -0.39 is 5.60 Å². The van der Waals surface area contributed by atoms with Gasteiger partial charge in [0.2, 0.25) is 0 Å². The van der Waals surface area contributed by atoms with Gasteiger partial charge in [-0.05, 0) is 44.0 Å². The van der Waals surface area contributed by atoms with Crippen LogP contribution in [0.4, 0.5) is 5.69 Å². The molecule has 1 radical (unpaired) electrons. The van der Waals surface area contributed by atoms with Crippen molar-refractivity contribution in [2.45, 2.75) is 32.8 Å². The number of alkyl halides is 2. The summed E-state index contributed by atoms with van der Waals surface area (Å²) in [6.45, 7) is 7.00. The molecule has 0 aliphatic heterocycles. The zero-order chi connectivity index (χ0) is 14.5. The standard InChI is InChI=1S/C15H22Cl2NO/c1-12-4-5-14(18(8-6-16)9-7-17)10-13(12)11-15(2,3)19/h4-5,10H,6-9,11H2,1-3H3. The molecule has 0 heterocycles. The Labute approximate surface area is 126 Å². The molecule has 0 bridgehead atoms. The van der Waals surface area contributed by atoms with Gasteiger partial charge >= 0.3 is 0 Å². The second kappa shape index (κ2) is 7.37. The Morgan fingerprint density at radius 2 is 1.74 bits per heavy atom. The molecular formula is C15H22Cl2NO. The van der Waals surface area contributed by atoms with Crippen molar-refractivity contribution in [3.05, 3.63) is 29.3 Å². The summed E-state index contributed by atoms with van der Waals surface area (Å²) >= 11 is 11.6. The van der Waals surface area contributed by atoms with Gasteiger partial charge in [0, 0.05) is 37.0 Å². The van der Waals surface area contributed by atoms with Gasteiger partial charge in [0.05, 0.1) is 0 Å². The average molecular weight is 303 g/mol. The molecule has 0 spiro atoms. The van der Waals surface area contributed by atoms with E-state index in [9.17, 15) is 5.11 Å². The highest BCUT2D eigenvalue weighted by molar-refractivity contribution is 6.18. The predicted molar refractivity (Wildman–Crippen MR) is 83.3 cm³/mol. The van der Waals surface area contributed by atoms with Crippen LogP contribution >= 0.6 is 23.2 Å². The van der Waals surface area contributed by atoms with Crippen molar-refractivity contribution in [3.63, 3.8) is 0 Å². The van der Waals surface area contributed by atoms with Gasteiger partial charge in [-0.1, -0.05) is 6.07 Å². The van der Waals surface area contributed by atoms with Gasteiger partial charge in [0.1, 0.15) is 5.60 Å². The van der Waals surface area contributed by atoms with Crippen LogP contribution in [0.5, 0.6) is 0 Å². The molecule has 19 heavy (non-hydrogen) atoms. The second-order valence-electron chi connectivity index (χ2n) is 5.41. The maximum atomic E-state index is 11.9. The van der Waals surface area contributed by atoms with Crippen molar-refractivity contribution in [2.75, 3.05) is 29.7 Å². The molecule has 0 aromatic heterocycles. The van der Waals surface area contributed by atoms with Crippen LogP contribution in [0.3, 0.4) is 0 Å². The SMILES string of the molecule is Cc1ccc(N(CCCl)CCCl)cc1CC(C)(C)[O]. The molecule has 4 heteroatoms. The fourth-order valence-corrected chi connectivity index (χ4v) is 2.49. The van der Waals surface area contributed by atoms with Crippen molar-refractivity contribution in [1.29, 1.82) is 0 Å². The molecule has 0 aliphatic carbocycles. The number of hydrogen-bond acceptors (Lipinski definition) is 1. The van der Waals surface area contributed by atoms with E-state index in [1.165, 1.54) is 0 Å². The minimum absolute atomic E-state index is 0.530. The number of nitrogens with zero attached hydrogens (tertiary/aromatic N) is 1. The Morgan fingerprint density at radius 3 is 2.21 bits per heavy atom.